The van der Waals surface area contributed by atoms with Crippen LogP contribution in [-0.2, 0) is 26.5 Å². The number of halogens is 1. The maximum absolute atomic E-state index is 13.7. The molecule has 1 aromatic carbocycles. The third kappa shape index (κ3) is 5.80. The molecule has 2 N–H and O–H groups in total. The first-order valence-electron chi connectivity index (χ1n) is 13.5. The minimum Gasteiger partial charge on any atom is -0.358 e. The van der Waals surface area contributed by atoms with Gasteiger partial charge in [0.1, 0.15) is 11.9 Å². The van der Waals surface area contributed by atoms with Gasteiger partial charge in [0.2, 0.25) is 32.1 Å². The molecule has 2 aliphatic rings. The topological polar surface area (TPSA) is 157 Å². The molecule has 12 nitrogen and oxygen atoms in total. The molecule has 0 aliphatic carbocycles. The Bertz CT molecular complexity index is 1630. The quantitative estimate of drug-likeness (QED) is 0.313. The molecular formula is C27H31ClN8O4S. The van der Waals surface area contributed by atoms with Gasteiger partial charge in [-0.1, -0.05) is 23.7 Å². The van der Waals surface area contributed by atoms with Gasteiger partial charge in [0.05, 0.1) is 28.8 Å². The summed E-state index contributed by atoms with van der Waals surface area (Å²) >= 11 is 6.30. The van der Waals surface area contributed by atoms with Gasteiger partial charge < -0.3 is 24.7 Å². The highest BCUT2D eigenvalue weighted by Crippen LogP contribution is 2.29. The fourth-order valence-electron chi connectivity index (χ4n) is 5.30. The predicted molar refractivity (Wildman–Crippen MR) is 154 cm³/mol. The summed E-state index contributed by atoms with van der Waals surface area (Å²) < 4.78 is 28.7. The highest BCUT2D eigenvalue weighted by atomic mass is 35.5. The van der Waals surface area contributed by atoms with Crippen LogP contribution in [0.15, 0.2) is 46.9 Å². The Morgan fingerprint density at radius 3 is 2.73 bits per heavy atom. The molecule has 216 valence electrons. The van der Waals surface area contributed by atoms with Crippen molar-refractivity contribution in [1.82, 2.24) is 24.3 Å². The lowest BCUT2D eigenvalue weighted by molar-refractivity contribution is -0.140. The number of aromatic amines is 1. The maximum Gasteiger partial charge on any atom is 0.247 e. The van der Waals surface area contributed by atoms with Crippen molar-refractivity contribution < 1.29 is 18.0 Å². The number of rotatable bonds is 7. The zero-order chi connectivity index (χ0) is 29.1. The Morgan fingerprint density at radius 1 is 1.27 bits per heavy atom. The van der Waals surface area contributed by atoms with E-state index in [1.54, 1.807) is 29.3 Å². The van der Waals surface area contributed by atoms with Crippen LogP contribution in [-0.4, -0.2) is 87.9 Å². The Balaban J connectivity index is 1.53. The van der Waals surface area contributed by atoms with Gasteiger partial charge in [-0.3, -0.25) is 14.6 Å². The molecule has 0 bridgehead atoms. The molecule has 1 unspecified atom stereocenters. The number of amidine groups is 1. The molecule has 0 saturated carbocycles. The van der Waals surface area contributed by atoms with Crippen molar-refractivity contribution in [3.8, 4) is 6.07 Å². The number of amides is 2. The number of hydrogen-bond acceptors (Lipinski definition) is 7. The fourth-order valence-corrected chi connectivity index (χ4v) is 6.94. The number of imidazole rings is 1. The second-order valence-corrected chi connectivity index (χ2v) is 12.6. The molecule has 2 fully saturated rings. The Kier molecular flexibility index (Phi) is 8.32. The van der Waals surface area contributed by atoms with Crippen LogP contribution in [0.1, 0.15) is 32.1 Å². The first-order valence-corrected chi connectivity index (χ1v) is 15.4. The van der Waals surface area contributed by atoms with E-state index in [-0.39, 0.29) is 29.4 Å². The number of benzene rings is 1. The number of aromatic nitrogens is 3. The van der Waals surface area contributed by atoms with Crippen molar-refractivity contribution in [2.24, 2.45) is 12.0 Å². The van der Waals surface area contributed by atoms with Gasteiger partial charge in [0, 0.05) is 50.7 Å². The minimum absolute atomic E-state index is 0.0544. The third-order valence-electron chi connectivity index (χ3n) is 7.47. The first kappa shape index (κ1) is 28.6. The van der Waals surface area contributed by atoms with Gasteiger partial charge in [0.25, 0.3) is 0 Å². The zero-order valence-corrected chi connectivity index (χ0v) is 24.2. The monoisotopic (exact) mass is 598 g/mol. The highest BCUT2D eigenvalue weighted by Gasteiger charge is 2.38. The van der Waals surface area contributed by atoms with E-state index < -0.39 is 21.1 Å². The summed E-state index contributed by atoms with van der Waals surface area (Å²) in [5.41, 5.74) is 1.02. The summed E-state index contributed by atoms with van der Waals surface area (Å²) in [5, 5.41) is 12.3. The van der Waals surface area contributed by atoms with Crippen LogP contribution in [0.2, 0.25) is 5.02 Å². The minimum atomic E-state index is -4.35. The molecule has 2 saturated heterocycles. The van der Waals surface area contributed by atoms with Gasteiger partial charge in [-0.15, -0.1) is 0 Å². The number of carbonyl (C=O) groups excluding carboxylic acids is 2. The number of para-hydroxylation sites is 1. The third-order valence-corrected chi connectivity index (χ3v) is 9.63. The first-order chi connectivity index (χ1) is 19.7. The molecule has 2 amide bonds. The number of fused-ring (bicyclic) bond motifs is 1. The van der Waals surface area contributed by atoms with Gasteiger partial charge in [-0.2, -0.15) is 5.26 Å². The van der Waals surface area contributed by atoms with E-state index in [0.717, 1.165) is 12.8 Å². The number of H-pyrrole nitrogens is 1. The molecule has 3 aromatic rings. The molecule has 0 spiro atoms. The van der Waals surface area contributed by atoms with Crippen LogP contribution >= 0.6 is 11.6 Å². The van der Waals surface area contributed by atoms with Gasteiger partial charge >= 0.3 is 0 Å². The Morgan fingerprint density at radius 2 is 2.02 bits per heavy atom. The fraction of sp³-hybridized carbons (Fsp3) is 0.444. The molecule has 5 rings (SSSR count). The number of sulfone groups is 1. The average molecular weight is 599 g/mol. The number of aryl methyl sites for hydroxylation is 1. The Hall–Kier alpha value is -3.89. The van der Waals surface area contributed by atoms with E-state index in [0.29, 0.717) is 60.5 Å². The van der Waals surface area contributed by atoms with Gasteiger partial charge in [-0.25, -0.2) is 13.4 Å². The number of aliphatic imine (C=N–C) groups is 1. The standard InChI is InChI=1S/C27H31ClN8O4S/c1-34-14-10-30-27(34)41(39,40)22(15-29)25(32-20-9-6-7-18-19(28)16-31-24(18)20)33-21-8-2-3-13-36(26(21)38)17-23(37)35-11-4-5-12-35/h6-7,9-10,14,16,21-22,31H,2-5,8,11-13,17H2,1H3,(H,32,33)/t21-,22?/m0/s1. The SMILES string of the molecule is Cn1ccnc1S(=O)(=O)C(C#N)C(=N[C@H]1CCCCN(CC(=O)N2CCCC2)C1=O)Nc1cccc2c(Cl)c[nH]c12. The largest absolute Gasteiger partial charge is 0.358 e. The van der Waals surface area contributed by atoms with Crippen LogP contribution in [0, 0.1) is 11.3 Å². The Labute approximate surface area is 242 Å². The molecule has 14 heteroatoms. The number of anilines is 1. The molecule has 41 heavy (non-hydrogen) atoms. The summed E-state index contributed by atoms with van der Waals surface area (Å²) in [5.74, 6) is -0.692. The van der Waals surface area contributed by atoms with Crippen molar-refractivity contribution in [2.75, 3.05) is 31.5 Å². The van der Waals surface area contributed by atoms with Crippen molar-refractivity contribution in [3.05, 3.63) is 41.8 Å². The van der Waals surface area contributed by atoms with E-state index in [9.17, 15) is 23.3 Å². The van der Waals surface area contributed by atoms with Gasteiger partial charge in [0.15, 0.2) is 0 Å². The lowest BCUT2D eigenvalue weighted by atomic mass is 10.1. The normalized spacial score (nSPS) is 19.3. The number of likely N-dealkylation sites (tertiary alicyclic amines) is 2. The summed E-state index contributed by atoms with van der Waals surface area (Å²) in [6.07, 6.45) is 7.96. The number of carbonyl (C=O) groups is 2. The second kappa shape index (κ2) is 11.9. The predicted octanol–water partition coefficient (Wildman–Crippen LogP) is 2.73. The van der Waals surface area contributed by atoms with Crippen LogP contribution < -0.4 is 5.32 Å². The van der Waals surface area contributed by atoms with Gasteiger partial charge in [-0.05, 0) is 38.2 Å². The van der Waals surface area contributed by atoms with E-state index in [1.165, 1.54) is 28.9 Å². The molecule has 2 aliphatic heterocycles. The van der Waals surface area contributed by atoms with E-state index in [1.807, 2.05) is 6.07 Å². The summed E-state index contributed by atoms with van der Waals surface area (Å²) in [6, 6.07) is 6.12. The molecule has 4 heterocycles. The van der Waals surface area contributed by atoms with Crippen molar-refractivity contribution >= 4 is 55.7 Å². The van der Waals surface area contributed by atoms with E-state index in [4.69, 9.17) is 11.6 Å². The lowest BCUT2D eigenvalue weighted by Crippen LogP contribution is -2.45. The van der Waals surface area contributed by atoms with E-state index >= 15 is 0 Å². The van der Waals surface area contributed by atoms with Crippen LogP contribution in [0.25, 0.3) is 10.9 Å². The summed E-state index contributed by atoms with van der Waals surface area (Å²) in [7, 11) is -2.83. The molecule has 0 radical (unpaired) electrons. The number of nitrogens with zero attached hydrogens (tertiary/aromatic N) is 6. The second-order valence-electron chi connectivity index (χ2n) is 10.2. The lowest BCUT2D eigenvalue weighted by Gasteiger charge is -2.26. The van der Waals surface area contributed by atoms with Crippen LogP contribution in [0.5, 0.6) is 0 Å². The van der Waals surface area contributed by atoms with Crippen molar-refractivity contribution in [3.63, 3.8) is 0 Å². The average Bonchev–Trinajstić information content (AvgIpc) is 3.70. The molecular weight excluding hydrogens is 568 g/mol. The zero-order valence-electron chi connectivity index (χ0n) is 22.6. The number of nitrogens with one attached hydrogen (secondary N) is 2. The smallest absolute Gasteiger partial charge is 0.247 e. The van der Waals surface area contributed by atoms with E-state index in [2.05, 4.69) is 20.3 Å². The van der Waals surface area contributed by atoms with Crippen molar-refractivity contribution in [1.29, 1.82) is 5.26 Å². The summed E-state index contributed by atoms with van der Waals surface area (Å²) in [4.78, 5) is 41.4. The molecule has 2 atom stereocenters. The summed E-state index contributed by atoms with van der Waals surface area (Å²) in [6.45, 7) is 1.71. The van der Waals surface area contributed by atoms with Crippen LogP contribution in [0.3, 0.4) is 0 Å². The number of hydrogen-bond donors (Lipinski definition) is 2. The highest BCUT2D eigenvalue weighted by molar-refractivity contribution is 7.93. The van der Waals surface area contributed by atoms with Crippen molar-refractivity contribution in [2.45, 2.75) is 48.6 Å². The van der Waals surface area contributed by atoms with Crippen LogP contribution in [0.4, 0.5) is 5.69 Å². The number of nitriles is 1. The maximum atomic E-state index is 13.7. The molecule has 2 aromatic heterocycles.